The molecule has 1 atom stereocenters. The van der Waals surface area contributed by atoms with E-state index in [1.807, 2.05) is 0 Å². The van der Waals surface area contributed by atoms with Gasteiger partial charge in [-0.3, -0.25) is 19.3 Å². The molecule has 0 saturated carbocycles. The van der Waals surface area contributed by atoms with Crippen molar-refractivity contribution in [1.29, 1.82) is 0 Å². The maximum atomic E-state index is 12.2. The minimum Gasteiger partial charge on any atom is -0.459 e. The zero-order valence-electron chi connectivity index (χ0n) is 12.8. The number of fused-ring (bicyclic) bond motifs is 1. The smallest absolute Gasteiger partial charge is 0.320 e. The molecule has 2 amide bonds. The molecule has 2 rings (SSSR count). The highest BCUT2D eigenvalue weighted by molar-refractivity contribution is 9.10. The Labute approximate surface area is 137 Å². The van der Waals surface area contributed by atoms with Gasteiger partial charge < -0.3 is 4.74 Å². The Balaban J connectivity index is 1.97. The summed E-state index contributed by atoms with van der Waals surface area (Å²) in [4.78, 5) is 36.9. The van der Waals surface area contributed by atoms with Crippen LogP contribution in [0.4, 0.5) is 0 Å². The van der Waals surface area contributed by atoms with Crippen LogP contribution in [0.25, 0.3) is 0 Å². The van der Waals surface area contributed by atoms with E-state index in [4.69, 9.17) is 4.74 Å². The van der Waals surface area contributed by atoms with E-state index in [9.17, 15) is 14.4 Å². The van der Waals surface area contributed by atoms with E-state index >= 15 is 0 Å². The Hall–Kier alpha value is -1.69. The summed E-state index contributed by atoms with van der Waals surface area (Å²) in [6.45, 7) is 5.53. The van der Waals surface area contributed by atoms with Crippen molar-refractivity contribution < 1.29 is 19.1 Å². The van der Waals surface area contributed by atoms with Crippen molar-refractivity contribution >= 4 is 33.7 Å². The van der Waals surface area contributed by atoms with Crippen LogP contribution < -0.4 is 0 Å². The normalized spacial score (nSPS) is 15.7. The molecule has 1 aliphatic heterocycles. The van der Waals surface area contributed by atoms with Gasteiger partial charge in [-0.15, -0.1) is 0 Å². The van der Waals surface area contributed by atoms with E-state index in [0.29, 0.717) is 17.5 Å². The van der Waals surface area contributed by atoms with Gasteiger partial charge in [0.25, 0.3) is 11.8 Å². The first kappa shape index (κ1) is 16.7. The number of imide groups is 1. The lowest BCUT2D eigenvalue weighted by Crippen LogP contribution is -2.35. The number of hydrogen-bond donors (Lipinski definition) is 0. The molecule has 1 heterocycles. The summed E-state index contributed by atoms with van der Waals surface area (Å²) in [5.74, 6) is -1.03. The average molecular weight is 368 g/mol. The lowest BCUT2D eigenvalue weighted by molar-refractivity contribution is -0.154. The highest BCUT2D eigenvalue weighted by Crippen LogP contribution is 2.23. The van der Waals surface area contributed by atoms with Crippen molar-refractivity contribution in [2.45, 2.75) is 37.6 Å². The molecule has 0 aliphatic carbocycles. The van der Waals surface area contributed by atoms with Crippen LogP contribution in [0.3, 0.4) is 0 Å². The van der Waals surface area contributed by atoms with Crippen LogP contribution in [0, 0.1) is 0 Å². The third-order valence-corrected chi connectivity index (χ3v) is 3.98. The van der Waals surface area contributed by atoms with E-state index in [-0.39, 0.29) is 18.4 Å². The summed E-state index contributed by atoms with van der Waals surface area (Å²) in [6, 6.07) is 6.72. The molecular weight excluding hydrogens is 350 g/mol. The molecule has 0 N–H and O–H groups in total. The molecule has 0 bridgehead atoms. The lowest BCUT2D eigenvalue weighted by atomic mass is 10.1. The summed E-state index contributed by atoms with van der Waals surface area (Å²) in [5, 5.41) is 0. The molecule has 1 aromatic carbocycles. The molecule has 0 saturated heterocycles. The molecule has 0 radical (unpaired) electrons. The largest absolute Gasteiger partial charge is 0.459 e. The van der Waals surface area contributed by atoms with Gasteiger partial charge in [-0.1, -0.05) is 28.1 Å². The zero-order valence-corrected chi connectivity index (χ0v) is 14.3. The summed E-state index contributed by atoms with van der Waals surface area (Å²) >= 11 is 3.25. The van der Waals surface area contributed by atoms with Crippen LogP contribution in [0.15, 0.2) is 24.3 Å². The highest BCUT2D eigenvalue weighted by atomic mass is 79.9. The molecule has 1 aliphatic rings. The Morgan fingerprint density at radius 2 is 1.68 bits per heavy atom. The third-order valence-electron chi connectivity index (χ3n) is 3.15. The molecule has 5 nitrogen and oxygen atoms in total. The van der Waals surface area contributed by atoms with Crippen LogP contribution in [0.5, 0.6) is 0 Å². The fourth-order valence-corrected chi connectivity index (χ4v) is 2.47. The number of nitrogens with zero attached hydrogens (tertiary/aromatic N) is 1. The second-order valence-electron chi connectivity index (χ2n) is 6.10. The Bertz CT molecular complexity index is 586. The summed E-state index contributed by atoms with van der Waals surface area (Å²) in [6.07, 6.45) is 0.306. The predicted octanol–water partition coefficient (Wildman–Crippen LogP) is 2.78. The van der Waals surface area contributed by atoms with E-state index in [1.165, 1.54) is 4.90 Å². The number of carbonyl (C=O) groups is 3. The van der Waals surface area contributed by atoms with Gasteiger partial charge in [-0.05, 0) is 39.3 Å². The standard InChI is InChI=1S/C16H18BrNO4/c1-16(2,3)22-15(21)12(17)8-9-18-13(19)10-6-4-5-7-11(10)14(18)20/h4-7,12H,8-9H2,1-3H3. The number of alkyl halides is 1. The van der Waals surface area contributed by atoms with E-state index in [1.54, 1.807) is 45.0 Å². The second kappa shape index (κ2) is 6.20. The fourth-order valence-electron chi connectivity index (χ4n) is 2.17. The number of ether oxygens (including phenoxy) is 1. The molecule has 22 heavy (non-hydrogen) atoms. The Kier molecular flexibility index (Phi) is 4.70. The fraction of sp³-hybridized carbons (Fsp3) is 0.438. The lowest BCUT2D eigenvalue weighted by Gasteiger charge is -2.22. The van der Waals surface area contributed by atoms with E-state index < -0.39 is 16.4 Å². The first-order valence-corrected chi connectivity index (χ1v) is 7.94. The van der Waals surface area contributed by atoms with E-state index in [0.717, 1.165) is 0 Å². The molecule has 1 aromatic rings. The first-order valence-electron chi connectivity index (χ1n) is 7.03. The van der Waals surface area contributed by atoms with Gasteiger partial charge in [-0.2, -0.15) is 0 Å². The van der Waals surface area contributed by atoms with Crippen LogP contribution in [0.1, 0.15) is 47.9 Å². The van der Waals surface area contributed by atoms with Gasteiger partial charge in [0.15, 0.2) is 0 Å². The number of hydrogen-bond acceptors (Lipinski definition) is 4. The summed E-state index contributed by atoms with van der Waals surface area (Å²) < 4.78 is 5.26. The average Bonchev–Trinajstić information content (AvgIpc) is 2.67. The molecule has 0 fully saturated rings. The Morgan fingerprint density at radius 3 is 2.14 bits per heavy atom. The number of carbonyl (C=O) groups excluding carboxylic acids is 3. The monoisotopic (exact) mass is 367 g/mol. The van der Waals surface area contributed by atoms with Crippen molar-refractivity contribution in [3.8, 4) is 0 Å². The van der Waals surface area contributed by atoms with Crippen LogP contribution >= 0.6 is 15.9 Å². The number of amides is 2. The van der Waals surface area contributed by atoms with Crippen LogP contribution in [-0.4, -0.2) is 39.7 Å². The van der Waals surface area contributed by atoms with Crippen molar-refractivity contribution in [2.24, 2.45) is 0 Å². The predicted molar refractivity (Wildman–Crippen MR) is 85.0 cm³/mol. The quantitative estimate of drug-likeness (QED) is 0.466. The molecule has 0 spiro atoms. The maximum Gasteiger partial charge on any atom is 0.320 e. The van der Waals surface area contributed by atoms with Crippen LogP contribution in [0.2, 0.25) is 0 Å². The highest BCUT2D eigenvalue weighted by Gasteiger charge is 2.35. The summed E-state index contributed by atoms with van der Waals surface area (Å²) in [5.41, 5.74) is 0.255. The third kappa shape index (κ3) is 3.55. The van der Waals surface area contributed by atoms with Gasteiger partial charge in [0.05, 0.1) is 11.1 Å². The van der Waals surface area contributed by atoms with E-state index in [2.05, 4.69) is 15.9 Å². The minimum atomic E-state index is -0.571. The number of benzene rings is 1. The van der Waals surface area contributed by atoms with Gasteiger partial charge in [0.1, 0.15) is 10.4 Å². The minimum absolute atomic E-state index is 0.168. The van der Waals surface area contributed by atoms with Crippen LogP contribution in [-0.2, 0) is 9.53 Å². The maximum absolute atomic E-state index is 12.2. The van der Waals surface area contributed by atoms with Gasteiger partial charge in [0.2, 0.25) is 0 Å². The SMILES string of the molecule is CC(C)(C)OC(=O)C(Br)CCN1C(=O)c2ccccc2C1=O. The molecule has 6 heteroatoms. The molecular formula is C16H18BrNO4. The van der Waals surface area contributed by atoms with Gasteiger partial charge in [-0.25, -0.2) is 0 Å². The van der Waals surface area contributed by atoms with Crippen molar-refractivity contribution in [2.75, 3.05) is 6.54 Å². The van der Waals surface area contributed by atoms with Crippen molar-refractivity contribution in [3.05, 3.63) is 35.4 Å². The van der Waals surface area contributed by atoms with Crippen molar-refractivity contribution in [1.82, 2.24) is 4.90 Å². The zero-order chi connectivity index (χ0) is 16.5. The topological polar surface area (TPSA) is 63.7 Å². The summed E-state index contributed by atoms with van der Waals surface area (Å²) in [7, 11) is 0. The molecule has 1 unspecified atom stereocenters. The number of halogens is 1. The second-order valence-corrected chi connectivity index (χ2v) is 7.20. The number of esters is 1. The molecule has 0 aromatic heterocycles. The van der Waals surface area contributed by atoms with Crippen molar-refractivity contribution in [3.63, 3.8) is 0 Å². The first-order chi connectivity index (χ1) is 10.2. The molecule has 118 valence electrons. The van der Waals surface area contributed by atoms with Gasteiger partial charge in [0, 0.05) is 6.54 Å². The Morgan fingerprint density at radius 1 is 1.18 bits per heavy atom. The number of rotatable bonds is 4. The van der Waals surface area contributed by atoms with Gasteiger partial charge >= 0.3 is 5.97 Å².